The highest BCUT2D eigenvalue weighted by atomic mass is 19.1. The van der Waals surface area contributed by atoms with Crippen LogP contribution in [-0.2, 0) is 0 Å². The SMILES string of the molecule is CCCNC(CC)C(c1ccccc1)c1ccc(F)cc1. The number of benzene rings is 2. The molecule has 1 nitrogen and oxygen atoms in total. The fraction of sp³-hybridized carbons (Fsp3) is 0.368. The zero-order valence-corrected chi connectivity index (χ0v) is 12.9. The number of hydrogen-bond acceptors (Lipinski definition) is 1. The molecule has 2 aromatic carbocycles. The standard InChI is InChI=1S/C19H24FN/c1-3-14-21-18(4-2)19(15-8-6-5-7-9-15)16-10-12-17(20)13-11-16/h5-13,18-19,21H,3-4,14H2,1-2H3. The molecule has 0 heterocycles. The maximum atomic E-state index is 13.2. The van der Waals surface area contributed by atoms with E-state index in [9.17, 15) is 4.39 Å². The van der Waals surface area contributed by atoms with Gasteiger partial charge in [0.25, 0.3) is 0 Å². The Hall–Kier alpha value is -1.67. The zero-order chi connectivity index (χ0) is 15.1. The summed E-state index contributed by atoms with van der Waals surface area (Å²) in [5, 5.41) is 3.64. The zero-order valence-electron chi connectivity index (χ0n) is 12.9. The van der Waals surface area contributed by atoms with Crippen molar-refractivity contribution in [2.45, 2.75) is 38.6 Å². The van der Waals surface area contributed by atoms with E-state index < -0.39 is 0 Å². The summed E-state index contributed by atoms with van der Waals surface area (Å²) in [6, 6.07) is 17.8. The van der Waals surface area contributed by atoms with Crippen LogP contribution in [0.2, 0.25) is 0 Å². The molecule has 0 saturated heterocycles. The second kappa shape index (κ2) is 7.94. The molecule has 0 bridgehead atoms. The molecule has 0 saturated carbocycles. The Kier molecular flexibility index (Phi) is 5.94. The van der Waals surface area contributed by atoms with Gasteiger partial charge in [-0.15, -0.1) is 0 Å². The fourth-order valence-corrected chi connectivity index (χ4v) is 2.82. The van der Waals surface area contributed by atoms with Crippen LogP contribution >= 0.6 is 0 Å². The maximum absolute atomic E-state index is 13.2. The highest BCUT2D eigenvalue weighted by Gasteiger charge is 2.23. The lowest BCUT2D eigenvalue weighted by molar-refractivity contribution is 0.453. The first-order chi connectivity index (χ1) is 10.3. The first-order valence-electron chi connectivity index (χ1n) is 7.80. The van der Waals surface area contributed by atoms with Crippen LogP contribution in [0.15, 0.2) is 54.6 Å². The molecule has 0 fully saturated rings. The van der Waals surface area contributed by atoms with Crippen molar-refractivity contribution in [1.82, 2.24) is 5.32 Å². The van der Waals surface area contributed by atoms with Crippen LogP contribution < -0.4 is 5.32 Å². The molecule has 2 unspecified atom stereocenters. The Bertz CT molecular complexity index is 521. The Morgan fingerprint density at radius 2 is 1.52 bits per heavy atom. The molecule has 0 spiro atoms. The molecule has 2 rings (SSSR count). The van der Waals surface area contributed by atoms with Gasteiger partial charge in [-0.2, -0.15) is 0 Å². The molecule has 0 amide bonds. The van der Waals surface area contributed by atoms with Gasteiger partial charge in [-0.25, -0.2) is 4.39 Å². The molecule has 0 aliphatic carbocycles. The molecule has 112 valence electrons. The van der Waals surface area contributed by atoms with E-state index in [4.69, 9.17) is 0 Å². The predicted molar refractivity (Wildman–Crippen MR) is 87.1 cm³/mol. The van der Waals surface area contributed by atoms with Gasteiger partial charge in [0.2, 0.25) is 0 Å². The van der Waals surface area contributed by atoms with E-state index >= 15 is 0 Å². The third-order valence-corrected chi connectivity index (χ3v) is 3.89. The fourth-order valence-electron chi connectivity index (χ4n) is 2.82. The third-order valence-electron chi connectivity index (χ3n) is 3.89. The molecule has 0 radical (unpaired) electrons. The summed E-state index contributed by atoms with van der Waals surface area (Å²) in [5.41, 5.74) is 2.44. The molecule has 0 aliphatic heterocycles. The summed E-state index contributed by atoms with van der Waals surface area (Å²) >= 11 is 0. The van der Waals surface area contributed by atoms with Gasteiger partial charge in [0.15, 0.2) is 0 Å². The Labute approximate surface area is 127 Å². The van der Waals surface area contributed by atoms with Crippen molar-refractivity contribution in [1.29, 1.82) is 0 Å². The lowest BCUT2D eigenvalue weighted by Gasteiger charge is -2.28. The molecule has 2 atom stereocenters. The number of rotatable bonds is 7. The van der Waals surface area contributed by atoms with E-state index in [1.54, 1.807) is 12.1 Å². The summed E-state index contributed by atoms with van der Waals surface area (Å²) in [6.45, 7) is 5.38. The predicted octanol–water partition coefficient (Wildman–Crippen LogP) is 4.74. The van der Waals surface area contributed by atoms with Crippen molar-refractivity contribution in [2.75, 3.05) is 6.54 Å². The van der Waals surface area contributed by atoms with Gasteiger partial charge in [-0.3, -0.25) is 0 Å². The van der Waals surface area contributed by atoms with Crippen LogP contribution in [0.25, 0.3) is 0 Å². The van der Waals surface area contributed by atoms with E-state index in [1.165, 1.54) is 5.56 Å². The summed E-state index contributed by atoms with van der Waals surface area (Å²) in [7, 11) is 0. The summed E-state index contributed by atoms with van der Waals surface area (Å²) in [6.07, 6.45) is 2.15. The van der Waals surface area contributed by atoms with E-state index in [2.05, 4.69) is 43.4 Å². The minimum atomic E-state index is -0.180. The van der Waals surface area contributed by atoms with Crippen LogP contribution in [0, 0.1) is 5.82 Å². The quantitative estimate of drug-likeness (QED) is 0.775. The normalized spacial score (nSPS) is 13.9. The second-order valence-corrected chi connectivity index (χ2v) is 5.41. The van der Waals surface area contributed by atoms with Crippen LogP contribution in [-0.4, -0.2) is 12.6 Å². The van der Waals surface area contributed by atoms with Gasteiger partial charge in [-0.05, 0) is 42.6 Å². The maximum Gasteiger partial charge on any atom is 0.123 e. The number of halogens is 1. The monoisotopic (exact) mass is 285 g/mol. The van der Waals surface area contributed by atoms with E-state index in [0.717, 1.165) is 24.9 Å². The van der Waals surface area contributed by atoms with Crippen LogP contribution in [0.3, 0.4) is 0 Å². The summed E-state index contributed by atoms with van der Waals surface area (Å²) in [4.78, 5) is 0. The molecule has 21 heavy (non-hydrogen) atoms. The third kappa shape index (κ3) is 4.15. The smallest absolute Gasteiger partial charge is 0.123 e. The first-order valence-corrected chi connectivity index (χ1v) is 7.80. The van der Waals surface area contributed by atoms with Crippen LogP contribution in [0.4, 0.5) is 4.39 Å². The van der Waals surface area contributed by atoms with Crippen molar-refractivity contribution in [3.8, 4) is 0 Å². The first kappa shape index (κ1) is 15.7. The Balaban J connectivity index is 2.36. The second-order valence-electron chi connectivity index (χ2n) is 5.41. The molecular formula is C19H24FN. The Morgan fingerprint density at radius 3 is 2.10 bits per heavy atom. The number of nitrogens with one attached hydrogen (secondary N) is 1. The van der Waals surface area contributed by atoms with Gasteiger partial charge in [-0.1, -0.05) is 56.3 Å². The molecular weight excluding hydrogens is 261 g/mol. The van der Waals surface area contributed by atoms with Gasteiger partial charge < -0.3 is 5.32 Å². The molecule has 0 aromatic heterocycles. The van der Waals surface area contributed by atoms with E-state index in [-0.39, 0.29) is 11.7 Å². The van der Waals surface area contributed by atoms with E-state index in [0.29, 0.717) is 6.04 Å². The molecule has 2 heteroatoms. The van der Waals surface area contributed by atoms with Crippen molar-refractivity contribution in [2.24, 2.45) is 0 Å². The summed E-state index contributed by atoms with van der Waals surface area (Å²) in [5.74, 6) is 0.0727. The average molecular weight is 285 g/mol. The lowest BCUT2D eigenvalue weighted by Crippen LogP contribution is -2.35. The topological polar surface area (TPSA) is 12.0 Å². The molecule has 0 aliphatic rings. The number of hydrogen-bond donors (Lipinski definition) is 1. The Morgan fingerprint density at radius 1 is 0.905 bits per heavy atom. The van der Waals surface area contributed by atoms with Crippen LogP contribution in [0.5, 0.6) is 0 Å². The minimum Gasteiger partial charge on any atom is -0.313 e. The average Bonchev–Trinajstić information content (AvgIpc) is 2.53. The van der Waals surface area contributed by atoms with Gasteiger partial charge in [0, 0.05) is 12.0 Å². The summed E-state index contributed by atoms with van der Waals surface area (Å²) < 4.78 is 13.2. The lowest BCUT2D eigenvalue weighted by atomic mass is 9.84. The van der Waals surface area contributed by atoms with Crippen molar-refractivity contribution >= 4 is 0 Å². The van der Waals surface area contributed by atoms with Crippen molar-refractivity contribution in [3.63, 3.8) is 0 Å². The minimum absolute atomic E-state index is 0.180. The highest BCUT2D eigenvalue weighted by Crippen LogP contribution is 2.29. The van der Waals surface area contributed by atoms with Crippen LogP contribution in [0.1, 0.15) is 43.7 Å². The van der Waals surface area contributed by atoms with Gasteiger partial charge in [0.1, 0.15) is 5.82 Å². The van der Waals surface area contributed by atoms with Crippen molar-refractivity contribution in [3.05, 3.63) is 71.5 Å². The molecule has 2 aromatic rings. The van der Waals surface area contributed by atoms with Crippen molar-refractivity contribution < 1.29 is 4.39 Å². The largest absolute Gasteiger partial charge is 0.313 e. The van der Waals surface area contributed by atoms with Gasteiger partial charge >= 0.3 is 0 Å². The highest BCUT2D eigenvalue weighted by molar-refractivity contribution is 5.34. The molecule has 1 N–H and O–H groups in total. The van der Waals surface area contributed by atoms with Gasteiger partial charge in [0.05, 0.1) is 0 Å². The van der Waals surface area contributed by atoms with E-state index in [1.807, 2.05) is 18.2 Å².